The third-order valence-corrected chi connectivity index (χ3v) is 4.97. The number of hydrogen-bond acceptors (Lipinski definition) is 7. The molecule has 0 bridgehead atoms. The Morgan fingerprint density at radius 3 is 2.45 bits per heavy atom. The fraction of sp³-hybridized carbons (Fsp3) is 0.150. The lowest BCUT2D eigenvalue weighted by molar-refractivity contribution is -0.203. The number of hydrazone groups is 1. The molecule has 0 aliphatic heterocycles. The summed E-state index contributed by atoms with van der Waals surface area (Å²) in [4.78, 5) is 7.66. The Hall–Kier alpha value is -3.29. The van der Waals surface area contributed by atoms with Gasteiger partial charge in [0.15, 0.2) is 5.60 Å². The Morgan fingerprint density at radius 2 is 1.88 bits per heavy atom. The molecule has 1 unspecified atom stereocenters. The molecule has 0 aliphatic rings. The molecule has 13 heteroatoms. The molecule has 0 amide bonds. The molecule has 2 heterocycles. The van der Waals surface area contributed by atoms with Crippen LogP contribution in [0.25, 0.3) is 0 Å². The van der Waals surface area contributed by atoms with Crippen LogP contribution in [0.15, 0.2) is 64.4 Å². The van der Waals surface area contributed by atoms with Crippen molar-refractivity contribution in [2.45, 2.75) is 11.5 Å². The minimum Gasteiger partial charge on any atom is -0.437 e. The van der Waals surface area contributed by atoms with Crippen LogP contribution in [0, 0.1) is 11.6 Å². The number of aromatic nitrogens is 2. The topological polar surface area (TPSA) is 123 Å². The summed E-state index contributed by atoms with van der Waals surface area (Å²) in [6.45, 7) is -1.06. The van der Waals surface area contributed by atoms with Gasteiger partial charge in [0.25, 0.3) is 0 Å². The van der Waals surface area contributed by atoms with Crippen molar-refractivity contribution in [1.82, 2.24) is 15.0 Å². The van der Waals surface area contributed by atoms with Gasteiger partial charge >= 0.3 is 5.92 Å². The summed E-state index contributed by atoms with van der Waals surface area (Å²) in [5.41, 5.74) is -5.12. The van der Waals surface area contributed by atoms with Gasteiger partial charge in [-0.2, -0.15) is 13.9 Å². The standard InChI is InChI=1S/C20H17BrF4N6O2/c21-12-1-6-18(29-8-12)33-14-3-5-17(28-9-14)20(24,25)19(32,10-31(27)11-30-26)15-4-2-13(22)7-16(15)23/h1-9,11,32H,10,26-27H2/b30-11-. The maximum Gasteiger partial charge on any atom is 0.323 e. The summed E-state index contributed by atoms with van der Waals surface area (Å²) in [5, 5.41) is 14.7. The molecule has 33 heavy (non-hydrogen) atoms. The van der Waals surface area contributed by atoms with Crippen LogP contribution >= 0.6 is 15.9 Å². The normalized spacial score (nSPS) is 13.7. The number of nitrogens with zero attached hydrogens (tertiary/aromatic N) is 4. The van der Waals surface area contributed by atoms with Crippen molar-refractivity contribution in [3.8, 4) is 11.6 Å². The van der Waals surface area contributed by atoms with Gasteiger partial charge in [0.1, 0.15) is 29.4 Å². The van der Waals surface area contributed by atoms with Gasteiger partial charge in [0.2, 0.25) is 5.88 Å². The molecule has 5 N–H and O–H groups in total. The fourth-order valence-corrected chi connectivity index (χ4v) is 3.19. The number of ether oxygens (including phenoxy) is 1. The Bertz CT molecular complexity index is 1130. The summed E-state index contributed by atoms with van der Waals surface area (Å²) < 4.78 is 65.1. The van der Waals surface area contributed by atoms with E-state index in [2.05, 4.69) is 31.0 Å². The van der Waals surface area contributed by atoms with Gasteiger partial charge in [-0.05, 0) is 46.3 Å². The Kier molecular flexibility index (Phi) is 7.15. The third kappa shape index (κ3) is 5.21. The lowest BCUT2D eigenvalue weighted by atomic mass is 9.84. The molecule has 0 spiro atoms. The van der Waals surface area contributed by atoms with E-state index in [-0.39, 0.29) is 11.6 Å². The Balaban J connectivity index is 1.98. The van der Waals surface area contributed by atoms with E-state index < -0.39 is 41.0 Å². The summed E-state index contributed by atoms with van der Waals surface area (Å²) >= 11 is 3.22. The largest absolute Gasteiger partial charge is 0.437 e. The fourth-order valence-electron chi connectivity index (χ4n) is 2.95. The van der Waals surface area contributed by atoms with Crippen LogP contribution in [-0.2, 0) is 11.5 Å². The summed E-state index contributed by atoms with van der Waals surface area (Å²) in [5.74, 6) is 4.15. The van der Waals surface area contributed by atoms with Crippen LogP contribution in [0.5, 0.6) is 11.6 Å². The van der Waals surface area contributed by atoms with Crippen LogP contribution in [0.4, 0.5) is 17.6 Å². The summed E-state index contributed by atoms with van der Waals surface area (Å²) in [7, 11) is 0. The van der Waals surface area contributed by atoms with Gasteiger partial charge in [-0.1, -0.05) is 0 Å². The van der Waals surface area contributed by atoms with Gasteiger partial charge < -0.3 is 15.7 Å². The average Bonchev–Trinajstić information content (AvgIpc) is 2.75. The zero-order chi connectivity index (χ0) is 24.2. The number of rotatable bonds is 8. The molecule has 1 aromatic carbocycles. The molecule has 0 fully saturated rings. The van der Waals surface area contributed by atoms with E-state index in [1.807, 2.05) is 0 Å². The number of hydrogen-bond donors (Lipinski definition) is 3. The van der Waals surface area contributed by atoms with Crippen LogP contribution in [0.2, 0.25) is 0 Å². The monoisotopic (exact) mass is 528 g/mol. The molecule has 0 radical (unpaired) electrons. The molecule has 0 saturated carbocycles. The highest BCUT2D eigenvalue weighted by molar-refractivity contribution is 9.10. The predicted molar refractivity (Wildman–Crippen MR) is 114 cm³/mol. The summed E-state index contributed by atoms with van der Waals surface area (Å²) in [6.07, 6.45) is 3.21. The second-order valence-electron chi connectivity index (χ2n) is 6.79. The second kappa shape index (κ2) is 9.68. The zero-order valence-corrected chi connectivity index (χ0v) is 18.3. The smallest absolute Gasteiger partial charge is 0.323 e. The predicted octanol–water partition coefficient (Wildman–Crippen LogP) is 3.37. The number of nitrogens with two attached hydrogens (primary N) is 2. The molecular weight excluding hydrogens is 512 g/mol. The van der Waals surface area contributed by atoms with E-state index in [4.69, 9.17) is 16.4 Å². The van der Waals surface area contributed by atoms with E-state index in [1.165, 1.54) is 18.3 Å². The number of aliphatic hydroxyl groups is 1. The molecule has 2 aromatic heterocycles. The van der Waals surface area contributed by atoms with Crippen molar-refractivity contribution in [3.63, 3.8) is 0 Å². The minimum absolute atomic E-state index is 0.0802. The van der Waals surface area contributed by atoms with E-state index in [0.29, 0.717) is 21.6 Å². The zero-order valence-electron chi connectivity index (χ0n) is 16.7. The maximum atomic E-state index is 15.6. The van der Waals surface area contributed by atoms with Gasteiger partial charge in [-0.25, -0.2) is 19.6 Å². The molecule has 1 atom stereocenters. The van der Waals surface area contributed by atoms with Crippen molar-refractivity contribution < 1.29 is 27.4 Å². The quantitative estimate of drug-likeness (QED) is 0.135. The Morgan fingerprint density at radius 1 is 1.12 bits per heavy atom. The number of alkyl halides is 2. The van der Waals surface area contributed by atoms with Crippen LogP contribution in [0.3, 0.4) is 0 Å². The number of halogens is 5. The van der Waals surface area contributed by atoms with Gasteiger partial charge in [-0.3, -0.25) is 9.99 Å². The van der Waals surface area contributed by atoms with Crippen LogP contribution in [0.1, 0.15) is 11.3 Å². The Labute approximate surface area is 193 Å². The maximum absolute atomic E-state index is 15.6. The first-order valence-corrected chi connectivity index (χ1v) is 9.92. The van der Waals surface area contributed by atoms with Crippen LogP contribution in [-0.4, -0.2) is 33.0 Å². The average molecular weight is 529 g/mol. The summed E-state index contributed by atoms with van der Waals surface area (Å²) in [6, 6.07) is 7.05. The molecular formula is C20H17BrF4N6O2. The highest BCUT2D eigenvalue weighted by Gasteiger charge is 2.58. The highest BCUT2D eigenvalue weighted by Crippen LogP contribution is 2.46. The molecule has 8 nitrogen and oxygen atoms in total. The van der Waals surface area contributed by atoms with E-state index in [0.717, 1.165) is 24.7 Å². The van der Waals surface area contributed by atoms with Crippen molar-refractivity contribution in [1.29, 1.82) is 0 Å². The van der Waals surface area contributed by atoms with Crippen molar-refractivity contribution in [3.05, 3.63) is 82.2 Å². The van der Waals surface area contributed by atoms with Crippen molar-refractivity contribution in [2.24, 2.45) is 16.8 Å². The third-order valence-electron chi connectivity index (χ3n) is 4.50. The van der Waals surface area contributed by atoms with Gasteiger partial charge in [0, 0.05) is 28.4 Å². The lowest BCUT2D eigenvalue weighted by Crippen LogP contribution is -2.53. The molecule has 3 rings (SSSR count). The van der Waals surface area contributed by atoms with Crippen molar-refractivity contribution >= 4 is 22.3 Å². The first-order chi connectivity index (χ1) is 15.6. The first-order valence-electron chi connectivity index (χ1n) is 9.13. The number of benzene rings is 1. The molecule has 0 aliphatic carbocycles. The lowest BCUT2D eigenvalue weighted by Gasteiger charge is -2.37. The number of pyridine rings is 2. The van der Waals surface area contributed by atoms with Crippen molar-refractivity contribution in [2.75, 3.05) is 6.54 Å². The van der Waals surface area contributed by atoms with E-state index in [1.54, 1.807) is 6.07 Å². The molecule has 0 saturated heterocycles. The SMILES string of the molecule is N/N=C\N(N)CC(O)(c1ccc(F)cc1F)C(F)(F)c1ccc(Oc2ccc(Br)cn2)cn1. The van der Waals surface area contributed by atoms with E-state index in [9.17, 15) is 13.9 Å². The van der Waals surface area contributed by atoms with E-state index >= 15 is 8.78 Å². The second-order valence-corrected chi connectivity index (χ2v) is 7.71. The number of hydrazine groups is 1. The molecule has 3 aromatic rings. The van der Waals surface area contributed by atoms with Crippen LogP contribution < -0.4 is 16.4 Å². The minimum atomic E-state index is -4.21. The first kappa shape index (κ1) is 24.4. The van der Waals surface area contributed by atoms with Gasteiger partial charge in [0.05, 0.1) is 12.7 Å². The highest BCUT2D eigenvalue weighted by atomic mass is 79.9. The molecule has 174 valence electrons. The van der Waals surface area contributed by atoms with Gasteiger partial charge in [-0.15, -0.1) is 0 Å².